The highest BCUT2D eigenvalue weighted by atomic mass is 16.3. The predicted octanol–water partition coefficient (Wildman–Crippen LogP) is 3.04. The van der Waals surface area contributed by atoms with E-state index in [1.165, 1.54) is 0 Å². The van der Waals surface area contributed by atoms with Crippen molar-refractivity contribution in [2.45, 2.75) is 12.8 Å². The zero-order valence-electron chi connectivity index (χ0n) is 7.90. The van der Waals surface area contributed by atoms with Crippen molar-refractivity contribution in [1.82, 2.24) is 0 Å². The first-order valence-corrected chi connectivity index (χ1v) is 4.77. The van der Waals surface area contributed by atoms with E-state index in [1.54, 1.807) is 12.1 Å². The summed E-state index contributed by atoms with van der Waals surface area (Å²) < 4.78 is 0. The van der Waals surface area contributed by atoms with Crippen LogP contribution in [-0.4, -0.2) is 5.11 Å². The second kappa shape index (κ2) is 4.01. The average Bonchev–Trinajstić information content (AvgIpc) is 2.19. The van der Waals surface area contributed by atoms with Gasteiger partial charge in [-0.05, 0) is 31.1 Å². The molecule has 72 valence electrons. The minimum atomic E-state index is 0.287. The molecule has 2 nitrogen and oxygen atoms in total. The molecule has 0 spiro atoms. The molecule has 1 aromatic carbocycles. The van der Waals surface area contributed by atoms with Crippen molar-refractivity contribution >= 4 is 5.69 Å². The van der Waals surface area contributed by atoms with Gasteiger partial charge in [0.1, 0.15) is 5.75 Å². The van der Waals surface area contributed by atoms with Crippen LogP contribution in [-0.2, 0) is 0 Å². The fourth-order valence-electron chi connectivity index (χ4n) is 1.46. The quantitative estimate of drug-likeness (QED) is 0.745. The van der Waals surface area contributed by atoms with Gasteiger partial charge in [-0.2, -0.15) is 0 Å². The molecule has 0 aliphatic heterocycles. The van der Waals surface area contributed by atoms with E-state index in [-0.39, 0.29) is 5.75 Å². The Labute approximate surface area is 83.6 Å². The van der Waals surface area contributed by atoms with E-state index >= 15 is 0 Å². The molecule has 14 heavy (non-hydrogen) atoms. The summed E-state index contributed by atoms with van der Waals surface area (Å²) in [6.45, 7) is 0. The first-order chi connectivity index (χ1) is 6.84. The summed E-state index contributed by atoms with van der Waals surface area (Å²) in [6.07, 6.45) is 8.56. The molecule has 0 saturated heterocycles. The number of phenolic OH excluding ortho intramolecular Hbond substituents is 1. The van der Waals surface area contributed by atoms with Crippen molar-refractivity contribution in [1.29, 1.82) is 0 Å². The van der Waals surface area contributed by atoms with Crippen LogP contribution in [0.3, 0.4) is 0 Å². The maximum Gasteiger partial charge on any atom is 0.117 e. The number of phenols is 1. The first kappa shape index (κ1) is 8.88. The monoisotopic (exact) mass is 187 g/mol. The van der Waals surface area contributed by atoms with Crippen molar-refractivity contribution < 1.29 is 5.11 Å². The van der Waals surface area contributed by atoms with Gasteiger partial charge in [0.25, 0.3) is 0 Å². The Morgan fingerprint density at radius 2 is 2.14 bits per heavy atom. The number of hydrogen-bond acceptors (Lipinski definition) is 2. The van der Waals surface area contributed by atoms with Crippen LogP contribution in [0.5, 0.6) is 5.75 Å². The molecule has 1 aromatic rings. The van der Waals surface area contributed by atoms with Gasteiger partial charge in [0.05, 0.1) is 0 Å². The lowest BCUT2D eigenvalue weighted by molar-refractivity contribution is 0.475. The lowest BCUT2D eigenvalue weighted by Gasteiger charge is -2.10. The van der Waals surface area contributed by atoms with Gasteiger partial charge in [-0.3, -0.25) is 0 Å². The van der Waals surface area contributed by atoms with Crippen molar-refractivity contribution in [2.75, 3.05) is 5.32 Å². The van der Waals surface area contributed by atoms with Gasteiger partial charge >= 0.3 is 0 Å². The Morgan fingerprint density at radius 1 is 1.21 bits per heavy atom. The molecular weight excluding hydrogens is 174 g/mol. The van der Waals surface area contributed by atoms with Gasteiger partial charge in [0.15, 0.2) is 0 Å². The maximum atomic E-state index is 9.27. The van der Waals surface area contributed by atoms with Gasteiger partial charge in [0, 0.05) is 17.5 Å². The Kier molecular flexibility index (Phi) is 2.54. The van der Waals surface area contributed by atoms with E-state index < -0.39 is 0 Å². The van der Waals surface area contributed by atoms with E-state index in [9.17, 15) is 5.11 Å². The second-order valence-corrected chi connectivity index (χ2v) is 3.31. The number of anilines is 1. The molecule has 2 N–H and O–H groups in total. The minimum absolute atomic E-state index is 0.287. The molecule has 0 bridgehead atoms. The smallest absolute Gasteiger partial charge is 0.117 e. The molecule has 0 aromatic heterocycles. The Bertz CT molecular complexity index is 380. The summed E-state index contributed by atoms with van der Waals surface area (Å²) in [5.41, 5.74) is 2.02. The molecule has 0 atom stereocenters. The van der Waals surface area contributed by atoms with E-state index in [0.29, 0.717) is 0 Å². The molecule has 2 rings (SSSR count). The van der Waals surface area contributed by atoms with Crippen LogP contribution < -0.4 is 5.32 Å². The fourth-order valence-corrected chi connectivity index (χ4v) is 1.46. The van der Waals surface area contributed by atoms with Crippen LogP contribution in [0, 0.1) is 0 Å². The SMILES string of the molecule is Oc1cccc(NC2=CCCC=C2)c1. The van der Waals surface area contributed by atoms with Crippen LogP contribution in [0.15, 0.2) is 48.2 Å². The largest absolute Gasteiger partial charge is 0.508 e. The lowest BCUT2D eigenvalue weighted by Crippen LogP contribution is -1.98. The van der Waals surface area contributed by atoms with Gasteiger partial charge in [-0.15, -0.1) is 0 Å². The molecule has 0 saturated carbocycles. The van der Waals surface area contributed by atoms with Gasteiger partial charge < -0.3 is 10.4 Å². The summed E-state index contributed by atoms with van der Waals surface area (Å²) >= 11 is 0. The number of rotatable bonds is 2. The predicted molar refractivity (Wildman–Crippen MR) is 58.2 cm³/mol. The third kappa shape index (κ3) is 2.16. The van der Waals surface area contributed by atoms with E-state index in [0.717, 1.165) is 24.2 Å². The molecule has 2 heteroatoms. The summed E-state index contributed by atoms with van der Waals surface area (Å²) in [5.74, 6) is 0.287. The molecule has 0 radical (unpaired) electrons. The Balaban J connectivity index is 2.10. The summed E-state index contributed by atoms with van der Waals surface area (Å²) in [4.78, 5) is 0. The average molecular weight is 187 g/mol. The van der Waals surface area contributed by atoms with Crippen molar-refractivity contribution in [3.8, 4) is 5.75 Å². The zero-order chi connectivity index (χ0) is 9.80. The highest BCUT2D eigenvalue weighted by Crippen LogP contribution is 2.19. The van der Waals surface area contributed by atoms with E-state index in [1.807, 2.05) is 12.1 Å². The molecular formula is C12H13NO. The lowest BCUT2D eigenvalue weighted by atomic mass is 10.1. The fraction of sp³-hybridized carbons (Fsp3) is 0.167. The molecule has 0 fully saturated rings. The summed E-state index contributed by atoms with van der Waals surface area (Å²) in [6, 6.07) is 7.13. The maximum absolute atomic E-state index is 9.27. The van der Waals surface area contributed by atoms with Crippen LogP contribution in [0.4, 0.5) is 5.69 Å². The Morgan fingerprint density at radius 3 is 2.86 bits per heavy atom. The number of benzene rings is 1. The molecule has 0 heterocycles. The Hall–Kier alpha value is -1.70. The van der Waals surface area contributed by atoms with Crippen molar-refractivity contribution in [2.24, 2.45) is 0 Å². The number of nitrogens with one attached hydrogen (secondary N) is 1. The zero-order valence-corrected chi connectivity index (χ0v) is 7.90. The standard InChI is InChI=1S/C12H13NO/c14-12-8-4-7-11(9-12)13-10-5-2-1-3-6-10/h2,4-9,13-14H,1,3H2. The molecule has 0 unspecified atom stereocenters. The topological polar surface area (TPSA) is 32.3 Å². The van der Waals surface area contributed by atoms with E-state index in [4.69, 9.17) is 0 Å². The number of aromatic hydroxyl groups is 1. The normalized spacial score (nSPS) is 15.0. The third-order valence-corrected chi connectivity index (χ3v) is 2.13. The summed E-state index contributed by atoms with van der Waals surface area (Å²) in [7, 11) is 0. The van der Waals surface area contributed by atoms with Gasteiger partial charge in [-0.25, -0.2) is 0 Å². The van der Waals surface area contributed by atoms with E-state index in [2.05, 4.69) is 23.5 Å². The minimum Gasteiger partial charge on any atom is -0.508 e. The highest BCUT2D eigenvalue weighted by molar-refractivity contribution is 5.53. The third-order valence-electron chi connectivity index (χ3n) is 2.13. The second-order valence-electron chi connectivity index (χ2n) is 3.31. The van der Waals surface area contributed by atoms with Crippen LogP contribution >= 0.6 is 0 Å². The van der Waals surface area contributed by atoms with Crippen LogP contribution in [0.25, 0.3) is 0 Å². The van der Waals surface area contributed by atoms with Crippen LogP contribution in [0.1, 0.15) is 12.8 Å². The van der Waals surface area contributed by atoms with Gasteiger partial charge in [-0.1, -0.05) is 18.2 Å². The number of hydrogen-bond donors (Lipinski definition) is 2. The molecule has 0 amide bonds. The van der Waals surface area contributed by atoms with Gasteiger partial charge in [0.2, 0.25) is 0 Å². The van der Waals surface area contributed by atoms with Crippen molar-refractivity contribution in [3.05, 3.63) is 48.2 Å². The van der Waals surface area contributed by atoms with Crippen LogP contribution in [0.2, 0.25) is 0 Å². The highest BCUT2D eigenvalue weighted by Gasteiger charge is 1.98. The van der Waals surface area contributed by atoms with Crippen molar-refractivity contribution in [3.63, 3.8) is 0 Å². The molecule has 1 aliphatic rings. The molecule has 1 aliphatic carbocycles. The first-order valence-electron chi connectivity index (χ1n) is 4.77. The number of allylic oxidation sites excluding steroid dienone is 3. The summed E-state index contributed by atoms with van der Waals surface area (Å²) in [5, 5.41) is 12.5.